The molecule has 0 spiro atoms. The minimum absolute atomic E-state index is 0.0430. The Labute approximate surface area is 211 Å². The van der Waals surface area contributed by atoms with Crippen molar-refractivity contribution in [3.05, 3.63) is 23.8 Å². The van der Waals surface area contributed by atoms with Crippen LogP contribution in [0.2, 0.25) is 0 Å². The number of carbonyl (C=O) groups is 4. The molecule has 0 radical (unpaired) electrons. The normalized spacial score (nSPS) is 43.1. The number of alkyl halides is 1. The molecule has 0 amide bonds. The van der Waals surface area contributed by atoms with Gasteiger partial charge in [-0.1, -0.05) is 39.3 Å². The highest BCUT2D eigenvalue weighted by Gasteiger charge is 2.77. The summed E-state index contributed by atoms with van der Waals surface area (Å²) in [6.45, 7) is 8.05. The van der Waals surface area contributed by atoms with E-state index in [1.807, 2.05) is 6.92 Å². The van der Waals surface area contributed by atoms with Crippen LogP contribution in [0, 0.1) is 28.6 Å². The Morgan fingerprint density at radius 1 is 1.14 bits per heavy atom. The number of hydrogen-bond acceptors (Lipinski definition) is 7. The van der Waals surface area contributed by atoms with Crippen LogP contribution in [0.5, 0.6) is 0 Å². The lowest BCUT2D eigenvalue weighted by Crippen LogP contribution is -2.70. The predicted octanol–water partition coefficient (Wildman–Crippen LogP) is 3.82. The van der Waals surface area contributed by atoms with Crippen LogP contribution in [0.4, 0.5) is 4.39 Å². The molecule has 36 heavy (non-hydrogen) atoms. The zero-order chi connectivity index (χ0) is 26.7. The van der Waals surface area contributed by atoms with E-state index in [4.69, 9.17) is 9.47 Å². The summed E-state index contributed by atoms with van der Waals surface area (Å²) >= 11 is 0. The van der Waals surface area contributed by atoms with Gasteiger partial charge in [0, 0.05) is 35.5 Å². The molecule has 7 nitrogen and oxygen atoms in total. The van der Waals surface area contributed by atoms with Crippen molar-refractivity contribution >= 4 is 23.5 Å². The second-order valence-corrected chi connectivity index (χ2v) is 11.4. The maximum Gasteiger partial charge on any atom is 0.306 e. The zero-order valence-corrected chi connectivity index (χ0v) is 21.8. The number of rotatable bonds is 6. The molecule has 0 aromatic rings. The maximum absolute atomic E-state index is 17.4. The Hall–Kier alpha value is -2.35. The topological polar surface area (TPSA) is 107 Å². The van der Waals surface area contributed by atoms with Crippen LogP contribution in [-0.2, 0) is 28.7 Å². The van der Waals surface area contributed by atoms with Gasteiger partial charge in [0.05, 0.1) is 6.10 Å². The number of ketones is 2. The largest absolute Gasteiger partial charge is 0.457 e. The molecule has 0 bridgehead atoms. The number of aliphatic hydroxyl groups excluding tert-OH is 1. The molecule has 0 heterocycles. The predicted molar refractivity (Wildman–Crippen MR) is 128 cm³/mol. The number of ether oxygens (including phenoxy) is 2. The first-order chi connectivity index (χ1) is 16.8. The zero-order valence-electron chi connectivity index (χ0n) is 21.8. The summed E-state index contributed by atoms with van der Waals surface area (Å²) < 4.78 is 28.5. The van der Waals surface area contributed by atoms with Gasteiger partial charge < -0.3 is 14.6 Å². The second-order valence-electron chi connectivity index (χ2n) is 11.4. The minimum Gasteiger partial charge on any atom is -0.457 e. The molecular weight excluding hydrogens is 467 g/mol. The van der Waals surface area contributed by atoms with Gasteiger partial charge in [-0.25, -0.2) is 4.39 Å². The number of allylic oxidation sites excluding steroid dienone is 4. The van der Waals surface area contributed by atoms with E-state index in [0.717, 1.165) is 0 Å². The number of halogens is 1. The van der Waals surface area contributed by atoms with Gasteiger partial charge in [0.1, 0.15) is 0 Å². The number of esters is 2. The third-order valence-electron chi connectivity index (χ3n) is 9.81. The average molecular weight is 505 g/mol. The fourth-order valence-corrected chi connectivity index (χ4v) is 8.01. The third-order valence-corrected chi connectivity index (χ3v) is 9.81. The first kappa shape index (κ1) is 26.7. The third kappa shape index (κ3) is 3.39. The molecule has 4 aliphatic carbocycles. The molecule has 4 rings (SSSR count). The minimum atomic E-state index is -2.05. The molecule has 8 heteroatoms. The summed E-state index contributed by atoms with van der Waals surface area (Å²) in [7, 11) is 0. The number of aliphatic hydroxyl groups is 1. The Morgan fingerprint density at radius 2 is 1.81 bits per heavy atom. The summed E-state index contributed by atoms with van der Waals surface area (Å²) in [4.78, 5) is 50.3. The van der Waals surface area contributed by atoms with Crippen molar-refractivity contribution in [3.63, 3.8) is 0 Å². The lowest BCUT2D eigenvalue weighted by molar-refractivity contribution is -0.228. The summed E-state index contributed by atoms with van der Waals surface area (Å²) in [5.41, 5.74) is -5.26. The van der Waals surface area contributed by atoms with Crippen molar-refractivity contribution in [3.8, 4) is 0 Å². The first-order valence-corrected chi connectivity index (χ1v) is 13.0. The smallest absolute Gasteiger partial charge is 0.306 e. The Morgan fingerprint density at radius 3 is 2.44 bits per heavy atom. The molecule has 4 aliphatic rings. The van der Waals surface area contributed by atoms with Gasteiger partial charge >= 0.3 is 11.9 Å². The van der Waals surface area contributed by atoms with E-state index in [2.05, 4.69) is 0 Å². The first-order valence-electron chi connectivity index (χ1n) is 13.0. The van der Waals surface area contributed by atoms with E-state index in [-0.39, 0.29) is 31.0 Å². The van der Waals surface area contributed by atoms with E-state index >= 15 is 4.39 Å². The standard InChI is InChI=1S/C28H37FO7/c1-6-23(33)35-15-22(32)28(36-24(34)7-2)16(3)12-20-19-9-8-17-13-18(30)10-11-25(17,4)27(19,29)21(31)14-26(20,28)5/h10-11,13,16,19-21,31H,6-9,12,14-15H2,1-5H3/t16?,19-,20-,21-,25-,26-,27-,28-/m0/s1. The molecule has 8 atom stereocenters. The van der Waals surface area contributed by atoms with E-state index in [1.54, 1.807) is 33.8 Å². The van der Waals surface area contributed by atoms with Crippen molar-refractivity contribution in [2.45, 2.75) is 90.5 Å². The second kappa shape index (κ2) is 8.89. The van der Waals surface area contributed by atoms with Crippen LogP contribution in [0.15, 0.2) is 23.8 Å². The summed E-state index contributed by atoms with van der Waals surface area (Å²) in [6.07, 6.45) is 4.32. The highest BCUT2D eigenvalue weighted by molar-refractivity contribution is 6.01. The van der Waals surface area contributed by atoms with Crippen molar-refractivity contribution < 1.29 is 38.1 Å². The molecule has 1 unspecified atom stereocenters. The van der Waals surface area contributed by atoms with Gasteiger partial charge in [-0.05, 0) is 50.7 Å². The van der Waals surface area contributed by atoms with Crippen molar-refractivity contribution in [1.29, 1.82) is 0 Å². The van der Waals surface area contributed by atoms with Crippen LogP contribution in [-0.4, -0.2) is 52.6 Å². The number of Topliss-reactive ketones (excluding diaryl/α,β-unsaturated/α-hetero) is 1. The molecule has 0 aliphatic heterocycles. The molecule has 0 saturated heterocycles. The number of carbonyl (C=O) groups excluding carboxylic acids is 4. The Balaban J connectivity index is 1.80. The molecule has 1 N–H and O–H groups in total. The Kier molecular flexibility index (Phi) is 6.60. The molecule has 3 fully saturated rings. The maximum atomic E-state index is 17.4. The van der Waals surface area contributed by atoms with Gasteiger partial charge in [0.2, 0.25) is 5.78 Å². The van der Waals surface area contributed by atoms with Crippen LogP contribution in [0.3, 0.4) is 0 Å². The lowest BCUT2D eigenvalue weighted by atomic mass is 9.44. The van der Waals surface area contributed by atoms with Crippen LogP contribution in [0.1, 0.15) is 73.1 Å². The number of fused-ring (bicyclic) bond motifs is 5. The molecule has 198 valence electrons. The van der Waals surface area contributed by atoms with E-state index in [0.29, 0.717) is 24.8 Å². The van der Waals surface area contributed by atoms with Crippen LogP contribution < -0.4 is 0 Å². The van der Waals surface area contributed by atoms with Gasteiger partial charge in [-0.3, -0.25) is 19.2 Å². The highest BCUT2D eigenvalue weighted by atomic mass is 19.1. The van der Waals surface area contributed by atoms with E-state index in [9.17, 15) is 24.3 Å². The molecule has 3 saturated carbocycles. The number of hydrogen-bond donors (Lipinski definition) is 1. The van der Waals surface area contributed by atoms with E-state index < -0.39 is 64.4 Å². The summed E-state index contributed by atoms with van der Waals surface area (Å²) in [5, 5.41) is 11.5. The van der Waals surface area contributed by atoms with Gasteiger partial charge in [0.25, 0.3) is 0 Å². The summed E-state index contributed by atoms with van der Waals surface area (Å²) in [5.74, 6) is -3.31. The monoisotopic (exact) mass is 504 g/mol. The fraction of sp³-hybridized carbons (Fsp3) is 0.714. The molecular formula is C28H37FO7. The van der Waals surface area contributed by atoms with Crippen LogP contribution >= 0.6 is 0 Å². The SMILES string of the molecule is CCC(=O)OCC(=O)[C@@]1(OC(=O)CC)C(C)C[C@H]2[C@@H]3CCC4=CC(=O)C=C[C@]4(C)[C@@]3(F)[C@@H](O)C[C@@]21C. The van der Waals surface area contributed by atoms with Crippen molar-refractivity contribution in [1.82, 2.24) is 0 Å². The van der Waals surface area contributed by atoms with Crippen molar-refractivity contribution in [2.75, 3.05) is 6.61 Å². The van der Waals surface area contributed by atoms with E-state index in [1.165, 1.54) is 12.2 Å². The van der Waals surface area contributed by atoms with Gasteiger partial charge in [0.15, 0.2) is 23.7 Å². The van der Waals surface area contributed by atoms with Gasteiger partial charge in [-0.15, -0.1) is 0 Å². The fourth-order valence-electron chi connectivity index (χ4n) is 8.01. The van der Waals surface area contributed by atoms with Crippen LogP contribution in [0.25, 0.3) is 0 Å². The lowest BCUT2D eigenvalue weighted by Gasteiger charge is -2.62. The van der Waals surface area contributed by atoms with Crippen molar-refractivity contribution in [2.24, 2.45) is 28.6 Å². The quantitative estimate of drug-likeness (QED) is 0.548. The molecule has 0 aromatic carbocycles. The average Bonchev–Trinajstić information content (AvgIpc) is 3.05. The molecule has 0 aromatic heterocycles. The highest BCUT2D eigenvalue weighted by Crippen LogP contribution is 2.71. The summed E-state index contributed by atoms with van der Waals surface area (Å²) in [6, 6.07) is 0. The van der Waals surface area contributed by atoms with Gasteiger partial charge in [-0.2, -0.15) is 0 Å². The Bertz CT molecular complexity index is 1050.